The average Bonchev–Trinajstić information content (AvgIpc) is 2.64. The molecule has 0 N–H and O–H groups in total. The van der Waals surface area contributed by atoms with Gasteiger partial charge >= 0.3 is 5.97 Å². The van der Waals surface area contributed by atoms with Crippen molar-refractivity contribution in [3.63, 3.8) is 0 Å². The van der Waals surface area contributed by atoms with Crippen LogP contribution in [0, 0.1) is 0 Å². The number of carbonyl (C=O) groups is 1. The van der Waals surface area contributed by atoms with E-state index in [0.29, 0.717) is 5.56 Å². The molecule has 120 valence electrons. The van der Waals surface area contributed by atoms with Crippen molar-refractivity contribution in [3.8, 4) is 0 Å². The first-order valence-corrected chi connectivity index (χ1v) is 9.44. The zero-order valence-corrected chi connectivity index (χ0v) is 15.5. The van der Waals surface area contributed by atoms with Crippen LogP contribution in [0.5, 0.6) is 0 Å². The van der Waals surface area contributed by atoms with Crippen LogP contribution in [0.15, 0.2) is 98.0 Å². The Morgan fingerprint density at radius 2 is 1.42 bits per heavy atom. The Kier molecular flexibility index (Phi) is 5.38. The Morgan fingerprint density at radius 1 is 0.833 bits per heavy atom. The summed E-state index contributed by atoms with van der Waals surface area (Å²) in [6, 6.07) is 26.1. The zero-order chi connectivity index (χ0) is 16.9. The summed E-state index contributed by atoms with van der Waals surface area (Å²) >= 11 is 3.48. The number of esters is 1. The van der Waals surface area contributed by atoms with Gasteiger partial charge in [0.25, 0.3) is 0 Å². The third kappa shape index (κ3) is 3.55. The number of ether oxygens (including phenoxy) is 1. The first-order valence-electron chi connectivity index (χ1n) is 7.43. The summed E-state index contributed by atoms with van der Waals surface area (Å²) < 4.78 is 6.01. The maximum absolute atomic E-state index is 12.2. The van der Waals surface area contributed by atoms with Gasteiger partial charge in [0, 0.05) is 4.47 Å². The van der Waals surface area contributed by atoms with E-state index in [1.54, 1.807) is 0 Å². The van der Waals surface area contributed by atoms with E-state index < -0.39 is 0 Å². The second kappa shape index (κ2) is 7.69. The SMILES string of the molecule is COC(=O)c1ccccc1[S+](c1ccccc1)c1ccc(Br)cc1. The molecule has 0 aromatic heterocycles. The first kappa shape index (κ1) is 16.8. The van der Waals surface area contributed by atoms with E-state index in [2.05, 4.69) is 40.2 Å². The summed E-state index contributed by atoms with van der Waals surface area (Å²) in [5.41, 5.74) is 0.607. The van der Waals surface area contributed by atoms with Gasteiger partial charge in [0.05, 0.1) is 7.11 Å². The smallest absolute Gasteiger partial charge is 0.343 e. The van der Waals surface area contributed by atoms with Crippen LogP contribution in [-0.4, -0.2) is 13.1 Å². The van der Waals surface area contributed by atoms with E-state index >= 15 is 0 Å². The van der Waals surface area contributed by atoms with Gasteiger partial charge in [-0.2, -0.15) is 0 Å². The predicted octanol–water partition coefficient (Wildman–Crippen LogP) is 5.33. The molecule has 3 aromatic carbocycles. The lowest BCUT2D eigenvalue weighted by Gasteiger charge is -2.11. The fourth-order valence-electron chi connectivity index (χ4n) is 2.44. The van der Waals surface area contributed by atoms with Crippen molar-refractivity contribution in [2.24, 2.45) is 0 Å². The summed E-state index contributed by atoms with van der Waals surface area (Å²) in [6.07, 6.45) is 0. The van der Waals surface area contributed by atoms with E-state index in [1.807, 2.05) is 54.6 Å². The average molecular weight is 400 g/mol. The summed E-state index contributed by atoms with van der Waals surface area (Å²) in [7, 11) is 1.04. The molecular formula is C20H16BrO2S+. The minimum absolute atomic E-state index is 0.309. The molecule has 0 aliphatic carbocycles. The van der Waals surface area contributed by atoms with Crippen LogP contribution in [0.4, 0.5) is 0 Å². The number of rotatable bonds is 4. The number of hydrogen-bond acceptors (Lipinski definition) is 2. The Labute approximate surface area is 153 Å². The lowest BCUT2D eigenvalue weighted by molar-refractivity contribution is 0.0596. The fourth-order valence-corrected chi connectivity index (χ4v) is 4.91. The van der Waals surface area contributed by atoms with Crippen molar-refractivity contribution in [1.82, 2.24) is 0 Å². The third-order valence-corrected chi connectivity index (χ3v) is 6.35. The first-order chi connectivity index (χ1) is 11.7. The molecule has 2 nitrogen and oxygen atoms in total. The molecule has 0 bridgehead atoms. The van der Waals surface area contributed by atoms with Gasteiger partial charge in [0.2, 0.25) is 0 Å². The van der Waals surface area contributed by atoms with Gasteiger partial charge in [-0.3, -0.25) is 0 Å². The fraction of sp³-hybridized carbons (Fsp3) is 0.0500. The highest BCUT2D eigenvalue weighted by atomic mass is 79.9. The van der Waals surface area contributed by atoms with Gasteiger partial charge in [-0.1, -0.05) is 46.3 Å². The van der Waals surface area contributed by atoms with Gasteiger partial charge in [-0.15, -0.1) is 0 Å². The molecule has 0 saturated heterocycles. The van der Waals surface area contributed by atoms with Crippen LogP contribution in [0.25, 0.3) is 0 Å². The van der Waals surface area contributed by atoms with Crippen LogP contribution < -0.4 is 0 Å². The highest BCUT2D eigenvalue weighted by Crippen LogP contribution is 2.34. The molecule has 0 aliphatic heterocycles. The Bertz CT molecular complexity index is 832. The van der Waals surface area contributed by atoms with Gasteiger partial charge in [0.1, 0.15) is 16.5 Å². The molecule has 0 aliphatic rings. The summed E-state index contributed by atoms with van der Waals surface area (Å²) in [5.74, 6) is -0.309. The molecule has 0 fully saturated rings. The summed E-state index contributed by atoms with van der Waals surface area (Å²) in [6.45, 7) is 0. The molecule has 0 amide bonds. The van der Waals surface area contributed by atoms with Crippen molar-refractivity contribution in [2.75, 3.05) is 7.11 Å². The molecule has 0 saturated carbocycles. The van der Waals surface area contributed by atoms with Gasteiger partial charge in [-0.25, -0.2) is 4.79 Å². The number of halogens is 1. The molecule has 1 unspecified atom stereocenters. The van der Waals surface area contributed by atoms with E-state index in [-0.39, 0.29) is 16.9 Å². The maximum atomic E-state index is 12.2. The highest BCUT2D eigenvalue weighted by molar-refractivity contribution is 9.10. The van der Waals surface area contributed by atoms with Crippen molar-refractivity contribution >= 4 is 32.8 Å². The molecular weight excluding hydrogens is 384 g/mol. The Morgan fingerprint density at radius 3 is 2.08 bits per heavy atom. The summed E-state index contributed by atoms with van der Waals surface area (Å²) in [4.78, 5) is 15.5. The van der Waals surface area contributed by atoms with Crippen molar-refractivity contribution in [2.45, 2.75) is 14.7 Å². The monoisotopic (exact) mass is 399 g/mol. The van der Waals surface area contributed by atoms with Crippen LogP contribution in [-0.2, 0) is 15.6 Å². The van der Waals surface area contributed by atoms with Crippen LogP contribution in [0.3, 0.4) is 0 Å². The van der Waals surface area contributed by atoms with E-state index in [1.165, 1.54) is 7.11 Å². The lowest BCUT2D eigenvalue weighted by Crippen LogP contribution is -2.12. The minimum Gasteiger partial charge on any atom is -0.465 e. The summed E-state index contributed by atoms with van der Waals surface area (Å²) in [5, 5.41) is 0. The normalized spacial score (nSPS) is 11.8. The van der Waals surface area contributed by atoms with Crippen LogP contribution in [0.2, 0.25) is 0 Å². The second-order valence-corrected chi connectivity index (χ2v) is 7.97. The van der Waals surface area contributed by atoms with E-state index in [4.69, 9.17) is 4.74 Å². The van der Waals surface area contributed by atoms with Crippen molar-refractivity contribution in [1.29, 1.82) is 0 Å². The largest absolute Gasteiger partial charge is 0.465 e. The molecule has 3 aromatic rings. The zero-order valence-electron chi connectivity index (χ0n) is 13.1. The predicted molar refractivity (Wildman–Crippen MR) is 101 cm³/mol. The number of carbonyl (C=O) groups excluding carboxylic acids is 1. The highest BCUT2D eigenvalue weighted by Gasteiger charge is 2.33. The number of benzene rings is 3. The molecule has 0 radical (unpaired) electrons. The quantitative estimate of drug-likeness (QED) is 0.437. The maximum Gasteiger partial charge on any atom is 0.343 e. The number of methoxy groups -OCH3 is 1. The van der Waals surface area contributed by atoms with Gasteiger partial charge < -0.3 is 4.74 Å². The third-order valence-electron chi connectivity index (χ3n) is 3.54. The van der Waals surface area contributed by atoms with Gasteiger partial charge in [-0.05, 0) is 48.5 Å². The van der Waals surface area contributed by atoms with Crippen LogP contribution >= 0.6 is 15.9 Å². The van der Waals surface area contributed by atoms with Crippen molar-refractivity contribution < 1.29 is 9.53 Å². The second-order valence-electron chi connectivity index (χ2n) is 5.06. The van der Waals surface area contributed by atoms with E-state index in [9.17, 15) is 4.79 Å². The lowest BCUT2D eigenvalue weighted by atomic mass is 10.2. The van der Waals surface area contributed by atoms with E-state index in [0.717, 1.165) is 19.2 Å². The molecule has 24 heavy (non-hydrogen) atoms. The van der Waals surface area contributed by atoms with Gasteiger partial charge in [0.15, 0.2) is 14.7 Å². The molecule has 3 rings (SSSR count). The number of hydrogen-bond donors (Lipinski definition) is 0. The molecule has 0 heterocycles. The molecule has 0 spiro atoms. The topological polar surface area (TPSA) is 26.3 Å². The van der Waals surface area contributed by atoms with Crippen LogP contribution in [0.1, 0.15) is 10.4 Å². The van der Waals surface area contributed by atoms with Crippen molar-refractivity contribution in [3.05, 3.63) is 88.9 Å². The Balaban J connectivity index is 2.20. The minimum atomic E-state index is -0.378. The molecule has 4 heteroatoms. The Hall–Kier alpha value is -2.04. The molecule has 1 atom stereocenters. The standard InChI is InChI=1S/C20H16BrO2S/c1-23-20(22)18-9-5-6-10-19(18)24(16-7-3-2-4-8-16)17-13-11-15(21)12-14-17/h2-14H,1H3/q+1.